The number of hydrogen-bond donors (Lipinski definition) is 1. The van der Waals surface area contributed by atoms with Crippen LogP contribution in [0, 0.1) is 5.82 Å². The molecule has 4 nitrogen and oxygen atoms in total. The van der Waals surface area contributed by atoms with E-state index in [0.29, 0.717) is 5.75 Å². The molecule has 0 aliphatic carbocycles. The molecule has 0 saturated carbocycles. The zero-order valence-electron chi connectivity index (χ0n) is 12.6. The number of nitrogens with zero attached hydrogens (tertiary/aromatic N) is 1. The molecule has 120 valence electrons. The zero-order valence-corrected chi connectivity index (χ0v) is 14.1. The monoisotopic (exact) mass is 378 g/mol. The number of carbonyl (C=O) groups excluding carboxylic acids is 1. The fraction of sp³-hybridized carbons (Fsp3) is 0.176. The highest BCUT2D eigenvalue weighted by Gasteiger charge is 2.03. The van der Waals surface area contributed by atoms with E-state index in [1.54, 1.807) is 12.1 Å². The molecule has 1 N–H and O–H groups in total. The lowest BCUT2D eigenvalue weighted by atomic mass is 10.2. The summed E-state index contributed by atoms with van der Waals surface area (Å²) in [4.78, 5) is 11.6. The van der Waals surface area contributed by atoms with Crippen LogP contribution in [0.25, 0.3) is 0 Å². The van der Waals surface area contributed by atoms with Crippen molar-refractivity contribution in [3.05, 3.63) is 63.9 Å². The van der Waals surface area contributed by atoms with E-state index < -0.39 is 11.7 Å². The molecule has 0 atom stereocenters. The Morgan fingerprint density at radius 1 is 1.30 bits per heavy atom. The van der Waals surface area contributed by atoms with Gasteiger partial charge in [0.15, 0.2) is 6.61 Å². The molecule has 6 heteroatoms. The van der Waals surface area contributed by atoms with E-state index in [1.165, 1.54) is 17.8 Å². The summed E-state index contributed by atoms with van der Waals surface area (Å²) in [6, 6.07) is 12.0. The van der Waals surface area contributed by atoms with Crippen LogP contribution in [0.2, 0.25) is 0 Å². The molecule has 2 aromatic carbocycles. The average Bonchev–Trinajstić information content (AvgIpc) is 2.56. The number of aryl methyl sites for hydroxylation is 1. The molecule has 0 heterocycles. The third-order valence-electron chi connectivity index (χ3n) is 3.05. The van der Waals surface area contributed by atoms with Crippen molar-refractivity contribution in [2.45, 2.75) is 13.3 Å². The summed E-state index contributed by atoms with van der Waals surface area (Å²) in [5.41, 5.74) is 3.76. The Bertz CT molecular complexity index is 702. The third kappa shape index (κ3) is 5.49. The van der Waals surface area contributed by atoms with Crippen molar-refractivity contribution in [1.82, 2.24) is 5.43 Å². The SMILES string of the molecule is CCc1ccc(OCC(=O)N/N=C/c2cc(Br)ccc2F)cc1. The van der Waals surface area contributed by atoms with E-state index in [-0.39, 0.29) is 12.2 Å². The first-order valence-corrected chi connectivity index (χ1v) is 7.86. The number of carbonyl (C=O) groups is 1. The Labute approximate surface area is 142 Å². The van der Waals surface area contributed by atoms with E-state index in [1.807, 2.05) is 24.3 Å². The summed E-state index contributed by atoms with van der Waals surface area (Å²) < 4.78 is 19.5. The van der Waals surface area contributed by atoms with Crippen LogP contribution in [0.1, 0.15) is 18.1 Å². The lowest BCUT2D eigenvalue weighted by molar-refractivity contribution is -0.123. The number of benzene rings is 2. The molecule has 0 aromatic heterocycles. The first kappa shape index (κ1) is 17.1. The Morgan fingerprint density at radius 3 is 2.74 bits per heavy atom. The van der Waals surface area contributed by atoms with Gasteiger partial charge in [-0.1, -0.05) is 35.0 Å². The predicted molar refractivity (Wildman–Crippen MR) is 91.2 cm³/mol. The molecule has 0 spiro atoms. The van der Waals surface area contributed by atoms with E-state index >= 15 is 0 Å². The van der Waals surface area contributed by atoms with E-state index in [4.69, 9.17) is 4.74 Å². The molecule has 0 aliphatic rings. The van der Waals surface area contributed by atoms with Gasteiger partial charge in [-0.25, -0.2) is 9.82 Å². The molecule has 0 unspecified atom stereocenters. The summed E-state index contributed by atoms with van der Waals surface area (Å²) in [5.74, 6) is -0.228. The summed E-state index contributed by atoms with van der Waals surface area (Å²) >= 11 is 3.24. The molecular weight excluding hydrogens is 363 g/mol. The Morgan fingerprint density at radius 2 is 2.04 bits per heavy atom. The van der Waals surface area contributed by atoms with E-state index in [9.17, 15) is 9.18 Å². The van der Waals surface area contributed by atoms with Gasteiger partial charge in [-0.15, -0.1) is 0 Å². The fourth-order valence-corrected chi connectivity index (χ4v) is 2.17. The van der Waals surface area contributed by atoms with Crippen molar-refractivity contribution >= 4 is 28.1 Å². The summed E-state index contributed by atoms with van der Waals surface area (Å²) in [6.45, 7) is 1.90. The quantitative estimate of drug-likeness (QED) is 0.615. The van der Waals surface area contributed by atoms with Crippen LogP contribution >= 0.6 is 15.9 Å². The van der Waals surface area contributed by atoms with Gasteiger partial charge < -0.3 is 4.74 Å². The highest BCUT2D eigenvalue weighted by molar-refractivity contribution is 9.10. The van der Waals surface area contributed by atoms with Gasteiger partial charge in [-0.2, -0.15) is 5.10 Å². The predicted octanol–water partition coefficient (Wildman–Crippen LogP) is 3.68. The molecule has 2 rings (SSSR count). The van der Waals surface area contributed by atoms with Crippen molar-refractivity contribution in [2.24, 2.45) is 5.10 Å². The van der Waals surface area contributed by atoms with Crippen molar-refractivity contribution in [1.29, 1.82) is 0 Å². The van der Waals surface area contributed by atoms with Gasteiger partial charge >= 0.3 is 0 Å². The average molecular weight is 379 g/mol. The van der Waals surface area contributed by atoms with E-state index in [2.05, 4.69) is 33.4 Å². The summed E-state index contributed by atoms with van der Waals surface area (Å²) in [6.07, 6.45) is 2.19. The molecule has 23 heavy (non-hydrogen) atoms. The second-order valence-corrected chi connectivity index (χ2v) is 5.66. The number of rotatable bonds is 6. The Hall–Kier alpha value is -2.21. The van der Waals surface area contributed by atoms with Crippen molar-refractivity contribution in [3.63, 3.8) is 0 Å². The van der Waals surface area contributed by atoms with Gasteiger partial charge in [0.2, 0.25) is 0 Å². The van der Waals surface area contributed by atoms with Crippen molar-refractivity contribution in [2.75, 3.05) is 6.61 Å². The number of amides is 1. The number of ether oxygens (including phenoxy) is 1. The van der Waals surface area contributed by atoms with Crippen LogP contribution in [0.5, 0.6) is 5.75 Å². The number of nitrogens with one attached hydrogen (secondary N) is 1. The van der Waals surface area contributed by atoms with Crippen LogP contribution in [0.4, 0.5) is 4.39 Å². The molecule has 2 aromatic rings. The van der Waals surface area contributed by atoms with Crippen LogP contribution in [-0.2, 0) is 11.2 Å². The molecule has 1 amide bonds. The van der Waals surface area contributed by atoms with Gasteiger partial charge in [-0.3, -0.25) is 4.79 Å². The van der Waals surface area contributed by atoms with Crippen LogP contribution in [-0.4, -0.2) is 18.7 Å². The number of hydrazone groups is 1. The van der Waals surface area contributed by atoms with Crippen LogP contribution in [0.3, 0.4) is 0 Å². The highest BCUT2D eigenvalue weighted by atomic mass is 79.9. The van der Waals surface area contributed by atoms with E-state index in [0.717, 1.165) is 10.9 Å². The first-order valence-electron chi connectivity index (χ1n) is 7.07. The fourth-order valence-electron chi connectivity index (χ4n) is 1.79. The zero-order chi connectivity index (χ0) is 16.7. The maximum absolute atomic E-state index is 13.5. The smallest absolute Gasteiger partial charge is 0.277 e. The van der Waals surface area contributed by atoms with Crippen molar-refractivity contribution < 1.29 is 13.9 Å². The van der Waals surface area contributed by atoms with Gasteiger partial charge in [0.25, 0.3) is 5.91 Å². The molecule has 0 radical (unpaired) electrons. The van der Waals surface area contributed by atoms with Gasteiger partial charge in [0.1, 0.15) is 11.6 Å². The lowest BCUT2D eigenvalue weighted by Crippen LogP contribution is -2.24. The molecule has 0 saturated heterocycles. The van der Waals surface area contributed by atoms with Crippen molar-refractivity contribution in [3.8, 4) is 5.75 Å². The number of hydrogen-bond acceptors (Lipinski definition) is 3. The highest BCUT2D eigenvalue weighted by Crippen LogP contribution is 2.14. The van der Waals surface area contributed by atoms with Gasteiger partial charge in [-0.05, 0) is 42.3 Å². The molecule has 0 bridgehead atoms. The molecular formula is C17H16BrFN2O2. The van der Waals surface area contributed by atoms with Crippen LogP contribution in [0.15, 0.2) is 52.0 Å². The normalized spacial score (nSPS) is 10.7. The van der Waals surface area contributed by atoms with Gasteiger partial charge in [0.05, 0.1) is 6.21 Å². The first-order chi connectivity index (χ1) is 11.1. The minimum Gasteiger partial charge on any atom is -0.484 e. The third-order valence-corrected chi connectivity index (χ3v) is 3.55. The maximum atomic E-state index is 13.5. The Kier molecular flexibility index (Phi) is 6.29. The van der Waals surface area contributed by atoms with Gasteiger partial charge in [0, 0.05) is 10.0 Å². The largest absolute Gasteiger partial charge is 0.484 e. The lowest BCUT2D eigenvalue weighted by Gasteiger charge is -2.05. The molecule has 0 aliphatic heterocycles. The second kappa shape index (κ2) is 8.43. The number of halogens is 2. The topological polar surface area (TPSA) is 50.7 Å². The standard InChI is InChI=1S/C17H16BrFN2O2/c1-2-12-3-6-15(7-4-12)23-11-17(22)21-20-10-13-9-14(18)5-8-16(13)19/h3-10H,2,11H2,1H3,(H,21,22)/b20-10+. The van der Waals surface area contributed by atoms with Crippen LogP contribution < -0.4 is 10.2 Å². The Balaban J connectivity index is 1.82. The minimum atomic E-state index is -0.420. The summed E-state index contributed by atoms with van der Waals surface area (Å²) in [5, 5.41) is 3.72. The minimum absolute atomic E-state index is 0.163. The summed E-state index contributed by atoms with van der Waals surface area (Å²) in [7, 11) is 0. The maximum Gasteiger partial charge on any atom is 0.277 e. The second-order valence-electron chi connectivity index (χ2n) is 4.75. The molecule has 0 fully saturated rings.